The minimum absolute atomic E-state index is 0.0133. The molecule has 0 bridgehead atoms. The van der Waals surface area contributed by atoms with E-state index in [0.717, 1.165) is 0 Å². The van der Waals surface area contributed by atoms with Gasteiger partial charge in [0.15, 0.2) is 0 Å². The van der Waals surface area contributed by atoms with E-state index in [9.17, 15) is 9.18 Å². The van der Waals surface area contributed by atoms with Gasteiger partial charge >= 0.3 is 6.03 Å². The molecule has 0 saturated heterocycles. The molecule has 9 heteroatoms. The summed E-state index contributed by atoms with van der Waals surface area (Å²) >= 11 is 18.3. The molecule has 1 N–H and O–H groups in total. The summed E-state index contributed by atoms with van der Waals surface area (Å²) in [4.78, 5) is 18.4. The molecule has 29 heavy (non-hydrogen) atoms. The van der Waals surface area contributed by atoms with Gasteiger partial charge in [-0.1, -0.05) is 40.9 Å². The number of anilines is 1. The zero-order chi connectivity index (χ0) is 20.8. The van der Waals surface area contributed by atoms with E-state index in [1.807, 2.05) is 10.8 Å². The van der Waals surface area contributed by atoms with Crippen molar-refractivity contribution in [3.05, 3.63) is 81.6 Å². The van der Waals surface area contributed by atoms with Crippen LogP contribution in [0, 0.1) is 5.82 Å². The maximum atomic E-state index is 14.3. The molecule has 0 aliphatic rings. The Balaban J connectivity index is 1.76. The van der Waals surface area contributed by atoms with Crippen LogP contribution < -0.4 is 5.32 Å². The number of benzene rings is 2. The summed E-state index contributed by atoms with van der Waals surface area (Å²) in [5.74, 6) is -0.467. The highest BCUT2D eigenvalue weighted by Crippen LogP contribution is 2.26. The van der Waals surface area contributed by atoms with Crippen molar-refractivity contribution in [2.75, 3.05) is 11.9 Å². The van der Waals surface area contributed by atoms with Gasteiger partial charge in [0.1, 0.15) is 5.82 Å². The second-order valence-electron chi connectivity index (χ2n) is 6.33. The molecule has 152 valence electrons. The fourth-order valence-electron chi connectivity index (χ4n) is 2.78. The average molecular weight is 456 g/mol. The highest BCUT2D eigenvalue weighted by molar-refractivity contribution is 6.35. The zero-order valence-corrected chi connectivity index (χ0v) is 17.6. The first-order chi connectivity index (χ1) is 13.9. The van der Waals surface area contributed by atoms with Crippen molar-refractivity contribution >= 4 is 46.5 Å². The topological polar surface area (TPSA) is 50.2 Å². The highest BCUT2D eigenvalue weighted by atomic mass is 35.5. The van der Waals surface area contributed by atoms with Crippen molar-refractivity contribution in [1.82, 2.24) is 14.5 Å². The smallest absolute Gasteiger partial charge is 0.322 e. The fourth-order valence-corrected chi connectivity index (χ4v) is 3.34. The minimum atomic E-state index is -0.467. The number of nitrogens with zero attached hydrogens (tertiary/aromatic N) is 3. The van der Waals surface area contributed by atoms with Gasteiger partial charge < -0.3 is 14.8 Å². The summed E-state index contributed by atoms with van der Waals surface area (Å²) in [6, 6.07) is 8.78. The Morgan fingerprint density at radius 2 is 2.00 bits per heavy atom. The lowest BCUT2D eigenvalue weighted by Gasteiger charge is -2.24. The highest BCUT2D eigenvalue weighted by Gasteiger charge is 2.19. The van der Waals surface area contributed by atoms with Crippen LogP contribution in [0.1, 0.15) is 12.0 Å². The van der Waals surface area contributed by atoms with E-state index in [0.29, 0.717) is 35.2 Å². The number of carbonyl (C=O) groups excluding carboxylic acids is 1. The molecule has 3 rings (SSSR count). The van der Waals surface area contributed by atoms with Gasteiger partial charge in [-0.3, -0.25) is 0 Å². The SMILES string of the molecule is O=C(Nc1cc(Cl)ccc1Cl)N(CCCn1ccnc1)Cc1c(F)cccc1Cl. The van der Waals surface area contributed by atoms with E-state index in [2.05, 4.69) is 10.3 Å². The van der Waals surface area contributed by atoms with E-state index in [-0.39, 0.29) is 17.1 Å². The summed E-state index contributed by atoms with van der Waals surface area (Å²) < 4.78 is 16.2. The normalized spacial score (nSPS) is 10.8. The standard InChI is InChI=1S/C20H18Cl3FN4O/c21-14-5-6-17(23)19(11-14)26-20(29)28(9-2-8-27-10-7-25-13-27)12-15-16(22)3-1-4-18(15)24/h1,3-7,10-11,13H,2,8-9,12H2,(H,26,29). The third kappa shape index (κ3) is 5.85. The number of urea groups is 1. The molecule has 5 nitrogen and oxygen atoms in total. The molecule has 0 unspecified atom stereocenters. The van der Waals surface area contributed by atoms with Crippen LogP contribution in [0.2, 0.25) is 15.1 Å². The predicted molar refractivity (Wildman–Crippen MR) is 114 cm³/mol. The maximum absolute atomic E-state index is 14.3. The molecule has 0 aliphatic heterocycles. The molecular weight excluding hydrogens is 438 g/mol. The number of hydrogen-bond donors (Lipinski definition) is 1. The van der Waals surface area contributed by atoms with Crippen LogP contribution >= 0.6 is 34.8 Å². The lowest BCUT2D eigenvalue weighted by molar-refractivity contribution is 0.206. The van der Waals surface area contributed by atoms with Crippen molar-refractivity contribution < 1.29 is 9.18 Å². The zero-order valence-electron chi connectivity index (χ0n) is 15.3. The number of nitrogens with one attached hydrogen (secondary N) is 1. The number of halogens is 4. The van der Waals surface area contributed by atoms with Gasteiger partial charge in [-0.15, -0.1) is 0 Å². The molecule has 0 saturated carbocycles. The molecule has 1 aromatic heterocycles. The van der Waals surface area contributed by atoms with Crippen molar-refractivity contribution in [3.8, 4) is 0 Å². The van der Waals surface area contributed by atoms with Crippen LogP contribution in [0.5, 0.6) is 0 Å². The van der Waals surface area contributed by atoms with Gasteiger partial charge in [-0.05, 0) is 36.8 Å². The second kappa shape index (κ2) is 9.96. The molecule has 0 spiro atoms. The Morgan fingerprint density at radius 1 is 1.17 bits per heavy atom. The van der Waals surface area contributed by atoms with Crippen LogP contribution in [0.3, 0.4) is 0 Å². The van der Waals surface area contributed by atoms with Gasteiger partial charge in [0, 0.05) is 41.1 Å². The molecule has 2 aromatic carbocycles. The van der Waals surface area contributed by atoms with Gasteiger partial charge in [-0.2, -0.15) is 0 Å². The second-order valence-corrected chi connectivity index (χ2v) is 7.58. The average Bonchev–Trinajstić information content (AvgIpc) is 3.19. The molecule has 2 amide bonds. The Hall–Kier alpha value is -2.28. The largest absolute Gasteiger partial charge is 0.337 e. The summed E-state index contributed by atoms with van der Waals surface area (Å²) in [5.41, 5.74) is 0.632. The number of carbonyl (C=O) groups is 1. The van der Waals surface area contributed by atoms with Crippen LogP contribution in [0.25, 0.3) is 0 Å². The summed E-state index contributed by atoms with van der Waals surface area (Å²) in [7, 11) is 0. The van der Waals surface area contributed by atoms with E-state index >= 15 is 0 Å². The third-order valence-electron chi connectivity index (χ3n) is 4.27. The monoisotopic (exact) mass is 454 g/mol. The first-order valence-electron chi connectivity index (χ1n) is 8.83. The Labute approximate surface area is 183 Å². The quantitative estimate of drug-likeness (QED) is 0.467. The molecular formula is C20H18Cl3FN4O. The fraction of sp³-hybridized carbons (Fsp3) is 0.200. The molecule has 0 aliphatic carbocycles. The van der Waals surface area contributed by atoms with Gasteiger partial charge in [0.05, 0.1) is 23.6 Å². The Morgan fingerprint density at radius 3 is 2.72 bits per heavy atom. The number of amides is 2. The van der Waals surface area contributed by atoms with E-state index in [1.165, 1.54) is 17.0 Å². The van der Waals surface area contributed by atoms with E-state index in [4.69, 9.17) is 34.8 Å². The third-order valence-corrected chi connectivity index (χ3v) is 5.19. The van der Waals surface area contributed by atoms with E-state index < -0.39 is 11.8 Å². The van der Waals surface area contributed by atoms with Gasteiger partial charge in [0.25, 0.3) is 0 Å². The van der Waals surface area contributed by atoms with E-state index in [1.54, 1.807) is 36.8 Å². The molecule has 0 fully saturated rings. The molecule has 3 aromatic rings. The number of rotatable bonds is 7. The number of imidazole rings is 1. The van der Waals surface area contributed by atoms with Crippen molar-refractivity contribution in [2.24, 2.45) is 0 Å². The van der Waals surface area contributed by atoms with Gasteiger partial charge in [-0.25, -0.2) is 14.2 Å². The Bertz CT molecular complexity index is 962. The maximum Gasteiger partial charge on any atom is 0.322 e. The van der Waals surface area contributed by atoms with Crippen LogP contribution in [0.15, 0.2) is 55.1 Å². The number of aryl methyl sites for hydroxylation is 1. The summed E-state index contributed by atoms with van der Waals surface area (Å²) in [6.07, 6.45) is 5.86. The minimum Gasteiger partial charge on any atom is -0.337 e. The lowest BCUT2D eigenvalue weighted by Crippen LogP contribution is -2.36. The summed E-state index contributed by atoms with van der Waals surface area (Å²) in [5, 5.41) is 3.79. The van der Waals surface area contributed by atoms with Crippen molar-refractivity contribution in [3.63, 3.8) is 0 Å². The molecule has 0 atom stereocenters. The number of hydrogen-bond acceptors (Lipinski definition) is 2. The van der Waals surface area contributed by atoms with Crippen molar-refractivity contribution in [1.29, 1.82) is 0 Å². The molecule has 0 radical (unpaired) electrons. The summed E-state index contributed by atoms with van der Waals surface area (Å²) in [6.45, 7) is 1.04. The first-order valence-corrected chi connectivity index (χ1v) is 9.97. The first kappa shape index (κ1) is 21.4. The number of aromatic nitrogens is 2. The molecule has 1 heterocycles. The van der Waals surface area contributed by atoms with Crippen LogP contribution in [-0.4, -0.2) is 27.0 Å². The predicted octanol–water partition coefficient (Wildman–Crippen LogP) is 6.11. The Kier molecular flexibility index (Phi) is 7.36. The van der Waals surface area contributed by atoms with Crippen LogP contribution in [0.4, 0.5) is 14.9 Å². The van der Waals surface area contributed by atoms with Crippen LogP contribution in [-0.2, 0) is 13.1 Å². The van der Waals surface area contributed by atoms with Crippen molar-refractivity contribution in [2.45, 2.75) is 19.5 Å². The van der Waals surface area contributed by atoms with Gasteiger partial charge in [0.2, 0.25) is 0 Å². The lowest BCUT2D eigenvalue weighted by atomic mass is 10.2.